The molecule has 1 N–H and O–H groups in total. The summed E-state index contributed by atoms with van der Waals surface area (Å²) < 4.78 is 4.97. The summed E-state index contributed by atoms with van der Waals surface area (Å²) >= 11 is 0. The molecule has 0 radical (unpaired) electrons. The number of carbonyl (C=O) groups is 2. The Kier molecular flexibility index (Phi) is 4.66. The second-order valence-corrected chi connectivity index (χ2v) is 3.51. The standard InChI is InChI=1S/C12H14O5/c1-3-7-16-12(14)10-8(2)5-4-6-9(10)11(13)17-15/h4-6,15H,3,7H2,1-2H3. The van der Waals surface area contributed by atoms with Crippen LogP contribution >= 0.6 is 0 Å². The van der Waals surface area contributed by atoms with E-state index in [1.807, 2.05) is 6.92 Å². The third-order valence-electron chi connectivity index (χ3n) is 2.22. The average molecular weight is 238 g/mol. The molecule has 0 heterocycles. The Hall–Kier alpha value is -1.88. The van der Waals surface area contributed by atoms with Gasteiger partial charge in [0.25, 0.3) is 0 Å². The number of hydrogen-bond acceptors (Lipinski definition) is 5. The van der Waals surface area contributed by atoms with E-state index in [-0.39, 0.29) is 17.7 Å². The minimum atomic E-state index is -0.975. The fraction of sp³-hybridized carbons (Fsp3) is 0.333. The van der Waals surface area contributed by atoms with Crippen LogP contribution in [0.25, 0.3) is 0 Å². The maximum atomic E-state index is 11.8. The molecule has 0 aliphatic heterocycles. The molecule has 1 aromatic carbocycles. The van der Waals surface area contributed by atoms with Gasteiger partial charge >= 0.3 is 11.9 Å². The maximum Gasteiger partial charge on any atom is 0.373 e. The highest BCUT2D eigenvalue weighted by Gasteiger charge is 2.21. The van der Waals surface area contributed by atoms with Crippen LogP contribution in [0, 0.1) is 6.92 Å². The number of benzene rings is 1. The zero-order chi connectivity index (χ0) is 12.8. The Morgan fingerprint density at radius 3 is 2.59 bits per heavy atom. The number of esters is 1. The van der Waals surface area contributed by atoms with Gasteiger partial charge in [-0.1, -0.05) is 19.1 Å². The molecule has 0 spiro atoms. The van der Waals surface area contributed by atoms with Crippen LogP contribution in [-0.4, -0.2) is 23.8 Å². The lowest BCUT2D eigenvalue weighted by atomic mass is 10.0. The van der Waals surface area contributed by atoms with Gasteiger partial charge < -0.3 is 4.74 Å². The van der Waals surface area contributed by atoms with Crippen molar-refractivity contribution >= 4 is 11.9 Å². The van der Waals surface area contributed by atoms with Gasteiger partial charge in [-0.25, -0.2) is 9.59 Å². The summed E-state index contributed by atoms with van der Waals surface area (Å²) in [6.45, 7) is 3.82. The Labute approximate surface area is 98.9 Å². The molecule has 5 nitrogen and oxygen atoms in total. The van der Waals surface area contributed by atoms with Crippen molar-refractivity contribution < 1.29 is 24.5 Å². The molecule has 0 amide bonds. The molecule has 0 aromatic heterocycles. The van der Waals surface area contributed by atoms with Crippen LogP contribution in [0.4, 0.5) is 0 Å². The van der Waals surface area contributed by atoms with Gasteiger partial charge in [0.05, 0.1) is 17.7 Å². The van der Waals surface area contributed by atoms with Crippen molar-refractivity contribution in [3.63, 3.8) is 0 Å². The molecule has 5 heteroatoms. The van der Waals surface area contributed by atoms with Crippen molar-refractivity contribution in [1.29, 1.82) is 0 Å². The third-order valence-corrected chi connectivity index (χ3v) is 2.22. The van der Waals surface area contributed by atoms with Gasteiger partial charge in [0.2, 0.25) is 0 Å². The molecule has 0 unspecified atom stereocenters. The fourth-order valence-corrected chi connectivity index (χ4v) is 1.42. The Morgan fingerprint density at radius 2 is 2.00 bits per heavy atom. The maximum absolute atomic E-state index is 11.8. The quantitative estimate of drug-likeness (QED) is 0.494. The largest absolute Gasteiger partial charge is 0.462 e. The van der Waals surface area contributed by atoms with E-state index in [0.29, 0.717) is 12.0 Å². The van der Waals surface area contributed by atoms with Gasteiger partial charge in [-0.2, -0.15) is 5.26 Å². The van der Waals surface area contributed by atoms with Gasteiger partial charge in [0.15, 0.2) is 0 Å². The highest BCUT2D eigenvalue weighted by atomic mass is 17.1. The minimum Gasteiger partial charge on any atom is -0.462 e. The summed E-state index contributed by atoms with van der Waals surface area (Å²) in [6.07, 6.45) is 0.692. The highest BCUT2D eigenvalue weighted by Crippen LogP contribution is 2.16. The predicted octanol–water partition coefficient (Wildman–Crippen LogP) is 2.19. The Balaban J connectivity index is 3.11. The van der Waals surface area contributed by atoms with Crippen molar-refractivity contribution in [2.75, 3.05) is 6.61 Å². The average Bonchev–Trinajstić information content (AvgIpc) is 2.34. The van der Waals surface area contributed by atoms with Crippen LogP contribution in [0.5, 0.6) is 0 Å². The van der Waals surface area contributed by atoms with E-state index in [9.17, 15) is 9.59 Å². The van der Waals surface area contributed by atoms with E-state index in [1.165, 1.54) is 6.07 Å². The molecule has 0 bridgehead atoms. The summed E-state index contributed by atoms with van der Waals surface area (Å²) in [5.41, 5.74) is 0.711. The van der Waals surface area contributed by atoms with Gasteiger partial charge in [-0.15, -0.1) is 0 Å². The summed E-state index contributed by atoms with van der Waals surface area (Å²) in [5, 5.41) is 8.36. The summed E-state index contributed by atoms with van der Waals surface area (Å²) in [4.78, 5) is 26.7. The molecule has 0 saturated heterocycles. The lowest BCUT2D eigenvalue weighted by molar-refractivity contribution is -0.182. The summed E-state index contributed by atoms with van der Waals surface area (Å²) in [5.74, 6) is -1.57. The van der Waals surface area contributed by atoms with Crippen molar-refractivity contribution in [3.05, 3.63) is 34.9 Å². The summed E-state index contributed by atoms with van der Waals surface area (Å²) in [7, 11) is 0. The Bertz CT molecular complexity index is 425. The fourth-order valence-electron chi connectivity index (χ4n) is 1.42. The zero-order valence-electron chi connectivity index (χ0n) is 9.73. The highest BCUT2D eigenvalue weighted by molar-refractivity contribution is 6.03. The molecule has 0 aliphatic carbocycles. The number of ether oxygens (including phenoxy) is 1. The van der Waals surface area contributed by atoms with Crippen LogP contribution in [0.1, 0.15) is 39.6 Å². The van der Waals surface area contributed by atoms with Crippen molar-refractivity contribution in [2.45, 2.75) is 20.3 Å². The number of carbonyl (C=O) groups excluding carboxylic acids is 2. The second kappa shape index (κ2) is 6.00. The summed E-state index contributed by atoms with van der Waals surface area (Å²) in [6, 6.07) is 4.67. The van der Waals surface area contributed by atoms with Gasteiger partial charge in [0, 0.05) is 0 Å². The number of aryl methyl sites for hydroxylation is 1. The van der Waals surface area contributed by atoms with E-state index in [4.69, 9.17) is 9.99 Å². The van der Waals surface area contributed by atoms with E-state index in [2.05, 4.69) is 4.89 Å². The monoisotopic (exact) mass is 238 g/mol. The minimum absolute atomic E-state index is 0.00592. The molecular formula is C12H14O5. The molecule has 1 aromatic rings. The van der Waals surface area contributed by atoms with Crippen LogP contribution in [-0.2, 0) is 9.62 Å². The molecule has 0 saturated carbocycles. The molecule has 0 atom stereocenters. The van der Waals surface area contributed by atoms with Gasteiger partial charge in [0.1, 0.15) is 0 Å². The zero-order valence-corrected chi connectivity index (χ0v) is 9.73. The first-order valence-electron chi connectivity index (χ1n) is 5.24. The van der Waals surface area contributed by atoms with Crippen molar-refractivity contribution in [1.82, 2.24) is 0 Å². The predicted molar refractivity (Wildman–Crippen MR) is 59.8 cm³/mol. The van der Waals surface area contributed by atoms with Crippen LogP contribution in [0.15, 0.2) is 18.2 Å². The van der Waals surface area contributed by atoms with Crippen LogP contribution in [0.2, 0.25) is 0 Å². The van der Waals surface area contributed by atoms with Crippen LogP contribution in [0.3, 0.4) is 0 Å². The van der Waals surface area contributed by atoms with Gasteiger partial charge in [-0.3, -0.25) is 4.89 Å². The smallest absolute Gasteiger partial charge is 0.373 e. The van der Waals surface area contributed by atoms with E-state index < -0.39 is 11.9 Å². The first-order chi connectivity index (χ1) is 8.11. The van der Waals surface area contributed by atoms with E-state index in [0.717, 1.165) is 0 Å². The number of hydrogen-bond donors (Lipinski definition) is 1. The molecule has 0 fully saturated rings. The normalized spacial score (nSPS) is 9.82. The molecule has 92 valence electrons. The Morgan fingerprint density at radius 1 is 1.29 bits per heavy atom. The molecule has 17 heavy (non-hydrogen) atoms. The second-order valence-electron chi connectivity index (χ2n) is 3.51. The topological polar surface area (TPSA) is 72.8 Å². The molecular weight excluding hydrogens is 224 g/mol. The third kappa shape index (κ3) is 3.04. The van der Waals surface area contributed by atoms with E-state index >= 15 is 0 Å². The van der Waals surface area contributed by atoms with Crippen molar-refractivity contribution in [2.24, 2.45) is 0 Å². The first-order valence-corrected chi connectivity index (χ1v) is 5.24. The molecule has 1 rings (SSSR count). The lowest BCUT2D eigenvalue weighted by Crippen LogP contribution is -2.15. The van der Waals surface area contributed by atoms with E-state index in [1.54, 1.807) is 19.1 Å². The van der Waals surface area contributed by atoms with Crippen LogP contribution < -0.4 is 0 Å². The SMILES string of the molecule is CCCOC(=O)c1c(C)cccc1C(=O)OO. The number of rotatable bonds is 4. The van der Waals surface area contributed by atoms with Gasteiger partial charge in [-0.05, 0) is 25.0 Å². The molecule has 0 aliphatic rings. The first kappa shape index (κ1) is 13.2. The lowest BCUT2D eigenvalue weighted by Gasteiger charge is -2.09. The van der Waals surface area contributed by atoms with Crippen molar-refractivity contribution in [3.8, 4) is 0 Å².